The van der Waals surface area contributed by atoms with Gasteiger partial charge in [-0.15, -0.1) is 0 Å². The summed E-state index contributed by atoms with van der Waals surface area (Å²) in [6.45, 7) is 0.666. The number of hydrogen-bond acceptors (Lipinski definition) is 3. The van der Waals surface area contributed by atoms with Gasteiger partial charge in [-0.2, -0.15) is 0 Å². The molecule has 0 aromatic rings. The van der Waals surface area contributed by atoms with E-state index in [1.165, 1.54) is 0 Å². The normalized spacial score (nSPS) is 10.0. The quantitative estimate of drug-likeness (QED) is 0.410. The van der Waals surface area contributed by atoms with Crippen LogP contribution < -0.4 is 0 Å². The fraction of sp³-hybridized carbons (Fsp3) is 0.500. The van der Waals surface area contributed by atoms with E-state index in [-0.39, 0.29) is 6.42 Å². The zero-order valence-electron chi connectivity index (χ0n) is 7.07. The summed E-state index contributed by atoms with van der Waals surface area (Å²) in [5.74, 6) is 1.59. The number of aliphatic carboxylic acids is 2. The van der Waals surface area contributed by atoms with E-state index in [0.717, 1.165) is 6.92 Å². The molecule has 0 heterocycles. The van der Waals surface area contributed by atoms with Crippen molar-refractivity contribution < 1.29 is 24.9 Å². The van der Waals surface area contributed by atoms with Gasteiger partial charge in [0, 0.05) is 6.42 Å². The minimum absolute atomic E-state index is 0.321. The zero-order valence-corrected chi connectivity index (χ0v) is 7.07. The van der Waals surface area contributed by atoms with Crippen LogP contribution in [0.25, 0.3) is 0 Å². The molecule has 5 nitrogen and oxygen atoms in total. The van der Waals surface area contributed by atoms with Gasteiger partial charge >= 0.3 is 11.9 Å². The Kier molecular flexibility index (Phi) is 3.95. The Morgan fingerprint density at radius 1 is 1.23 bits per heavy atom. The van der Waals surface area contributed by atoms with Crippen molar-refractivity contribution in [3.05, 3.63) is 0 Å². The molecule has 13 heavy (non-hydrogen) atoms. The highest BCUT2D eigenvalue weighted by atomic mass is 16.4. The first-order valence-electron chi connectivity index (χ1n) is 3.48. The average molecular weight is 186 g/mol. The van der Waals surface area contributed by atoms with Gasteiger partial charge in [0.2, 0.25) is 0 Å². The topological polar surface area (TPSA) is 94.8 Å². The molecule has 72 valence electrons. The summed E-state index contributed by atoms with van der Waals surface area (Å²) >= 11 is 0. The van der Waals surface area contributed by atoms with Crippen LogP contribution in [0.4, 0.5) is 0 Å². The molecule has 3 N–H and O–H groups in total. The van der Waals surface area contributed by atoms with Crippen molar-refractivity contribution in [1.29, 1.82) is 0 Å². The van der Waals surface area contributed by atoms with Gasteiger partial charge in [0.05, 0.1) is 0 Å². The summed E-state index contributed by atoms with van der Waals surface area (Å²) in [7, 11) is 0. The van der Waals surface area contributed by atoms with Crippen LogP contribution in [0.5, 0.6) is 0 Å². The fourth-order valence-corrected chi connectivity index (χ4v) is 0.538. The molecule has 0 aliphatic heterocycles. The van der Waals surface area contributed by atoms with Gasteiger partial charge in [-0.3, -0.25) is 9.59 Å². The molecular formula is C8H10O5. The van der Waals surface area contributed by atoms with Crippen LogP contribution in [-0.4, -0.2) is 33.9 Å². The zero-order chi connectivity index (χ0) is 10.5. The highest BCUT2D eigenvalue weighted by Gasteiger charge is 2.40. The van der Waals surface area contributed by atoms with Gasteiger partial charge < -0.3 is 15.3 Å². The predicted octanol–water partition coefficient (Wildman–Crippen LogP) is -0.452. The number of aliphatic hydroxyl groups excluding tert-OH is 1. The lowest BCUT2D eigenvalue weighted by molar-refractivity contribution is -0.162. The first-order chi connectivity index (χ1) is 5.95. The highest BCUT2D eigenvalue weighted by molar-refractivity contribution is 5.98. The molecule has 0 aliphatic rings. The Bertz CT molecular complexity index is 256. The third-order valence-electron chi connectivity index (χ3n) is 1.59. The number of hydrogen-bond donors (Lipinski definition) is 3. The molecule has 0 amide bonds. The summed E-state index contributed by atoms with van der Waals surface area (Å²) in [5, 5.41) is 25.5. The van der Waals surface area contributed by atoms with Crippen molar-refractivity contribution in [1.82, 2.24) is 0 Å². The Morgan fingerprint density at radius 2 is 1.69 bits per heavy atom. The summed E-state index contributed by atoms with van der Waals surface area (Å²) < 4.78 is 0. The molecule has 0 saturated heterocycles. The van der Waals surface area contributed by atoms with Crippen molar-refractivity contribution in [2.75, 3.05) is 6.61 Å². The molecule has 0 saturated carbocycles. The molecule has 0 rings (SSSR count). The predicted molar refractivity (Wildman–Crippen MR) is 42.9 cm³/mol. The van der Waals surface area contributed by atoms with E-state index in [1.54, 1.807) is 0 Å². The molecule has 0 atom stereocenters. The van der Waals surface area contributed by atoms with Crippen molar-refractivity contribution in [2.45, 2.75) is 13.3 Å². The number of aliphatic hydroxyl groups is 1. The van der Waals surface area contributed by atoms with Gasteiger partial charge in [-0.05, 0) is 6.92 Å². The summed E-state index contributed by atoms with van der Waals surface area (Å²) in [5.41, 5.74) is -1.90. The Hall–Kier alpha value is -1.54. The van der Waals surface area contributed by atoms with Crippen molar-refractivity contribution >= 4 is 11.9 Å². The first-order valence-corrected chi connectivity index (χ1v) is 3.48. The second kappa shape index (κ2) is 4.48. The molecule has 0 radical (unpaired) electrons. The molecule has 0 unspecified atom stereocenters. The Labute approximate surface area is 75.0 Å². The lowest BCUT2D eigenvalue weighted by Gasteiger charge is -2.15. The van der Waals surface area contributed by atoms with E-state index < -0.39 is 24.0 Å². The van der Waals surface area contributed by atoms with E-state index in [9.17, 15) is 9.59 Å². The SMILES string of the molecule is CC(CC#CCO)(C(=O)O)C(=O)O. The van der Waals surface area contributed by atoms with Gasteiger partial charge in [0.1, 0.15) is 6.61 Å². The number of carboxylic acid groups (broad SMARTS) is 2. The Balaban J connectivity index is 4.62. The number of rotatable bonds is 3. The van der Waals surface area contributed by atoms with E-state index in [1.807, 2.05) is 0 Å². The molecule has 0 bridgehead atoms. The summed E-state index contributed by atoms with van der Waals surface area (Å²) in [6.07, 6.45) is -0.321. The second-order valence-corrected chi connectivity index (χ2v) is 2.63. The number of carbonyl (C=O) groups is 2. The van der Waals surface area contributed by atoms with Crippen LogP contribution in [0.15, 0.2) is 0 Å². The van der Waals surface area contributed by atoms with Crippen LogP contribution >= 0.6 is 0 Å². The van der Waals surface area contributed by atoms with Crippen LogP contribution in [0.3, 0.4) is 0 Å². The van der Waals surface area contributed by atoms with Crippen LogP contribution in [0.2, 0.25) is 0 Å². The van der Waals surface area contributed by atoms with E-state index in [2.05, 4.69) is 11.8 Å². The van der Waals surface area contributed by atoms with Gasteiger partial charge in [-0.1, -0.05) is 11.8 Å². The summed E-state index contributed by atoms with van der Waals surface area (Å²) in [6, 6.07) is 0. The number of carboxylic acids is 2. The largest absolute Gasteiger partial charge is 0.480 e. The van der Waals surface area contributed by atoms with E-state index >= 15 is 0 Å². The standard InChI is InChI=1S/C8H10O5/c1-8(6(10)11,7(12)13)4-2-3-5-9/h9H,4-5H2,1H3,(H,10,11)(H,12,13). The summed E-state index contributed by atoms with van der Waals surface area (Å²) in [4.78, 5) is 21.1. The van der Waals surface area contributed by atoms with Gasteiger partial charge in [0.25, 0.3) is 0 Å². The third-order valence-corrected chi connectivity index (χ3v) is 1.59. The maximum absolute atomic E-state index is 10.5. The van der Waals surface area contributed by atoms with Crippen molar-refractivity contribution in [3.8, 4) is 11.8 Å². The van der Waals surface area contributed by atoms with Crippen LogP contribution in [0, 0.1) is 17.3 Å². The molecule has 0 aromatic carbocycles. The van der Waals surface area contributed by atoms with Crippen LogP contribution in [0.1, 0.15) is 13.3 Å². The lowest BCUT2D eigenvalue weighted by Crippen LogP contribution is -2.35. The lowest BCUT2D eigenvalue weighted by atomic mass is 9.87. The third kappa shape index (κ3) is 2.76. The minimum atomic E-state index is -1.90. The van der Waals surface area contributed by atoms with Crippen molar-refractivity contribution in [2.24, 2.45) is 5.41 Å². The minimum Gasteiger partial charge on any atom is -0.480 e. The fourth-order valence-electron chi connectivity index (χ4n) is 0.538. The van der Waals surface area contributed by atoms with Gasteiger partial charge in [0.15, 0.2) is 5.41 Å². The Morgan fingerprint density at radius 3 is 2.00 bits per heavy atom. The highest BCUT2D eigenvalue weighted by Crippen LogP contribution is 2.21. The maximum atomic E-state index is 10.5. The first kappa shape index (κ1) is 11.5. The second-order valence-electron chi connectivity index (χ2n) is 2.63. The molecule has 5 heteroatoms. The smallest absolute Gasteiger partial charge is 0.321 e. The molecular weight excluding hydrogens is 176 g/mol. The molecule has 0 aromatic heterocycles. The maximum Gasteiger partial charge on any atom is 0.321 e. The average Bonchev–Trinajstić information content (AvgIpc) is 2.03. The van der Waals surface area contributed by atoms with E-state index in [4.69, 9.17) is 15.3 Å². The molecule has 0 fully saturated rings. The molecule has 0 spiro atoms. The van der Waals surface area contributed by atoms with Gasteiger partial charge in [-0.25, -0.2) is 0 Å². The van der Waals surface area contributed by atoms with Crippen molar-refractivity contribution in [3.63, 3.8) is 0 Å². The molecule has 0 aliphatic carbocycles. The monoisotopic (exact) mass is 186 g/mol. The van der Waals surface area contributed by atoms with Crippen LogP contribution in [-0.2, 0) is 9.59 Å². The van der Waals surface area contributed by atoms with E-state index in [0.29, 0.717) is 0 Å².